The average molecular weight is 869 g/mol. The molecule has 2 aliphatic rings. The number of amides is 3. The lowest BCUT2D eigenvalue weighted by molar-refractivity contribution is -0.179. The van der Waals surface area contributed by atoms with Gasteiger partial charge < -0.3 is 35.4 Å². The second-order valence-corrected chi connectivity index (χ2v) is 17.5. The summed E-state index contributed by atoms with van der Waals surface area (Å²) in [5, 5.41) is 25.0. The summed E-state index contributed by atoms with van der Waals surface area (Å²) >= 11 is 2.09. The van der Waals surface area contributed by atoms with Gasteiger partial charge in [-0.05, 0) is 51.3 Å². The van der Waals surface area contributed by atoms with Crippen LogP contribution in [0.15, 0.2) is 113 Å². The highest BCUT2D eigenvalue weighted by molar-refractivity contribution is 8.01. The van der Waals surface area contributed by atoms with Gasteiger partial charge in [-0.15, -0.1) is 23.1 Å². The summed E-state index contributed by atoms with van der Waals surface area (Å²) in [5.41, 5.74) is -1.81. The zero-order valence-corrected chi connectivity index (χ0v) is 35.7. The fourth-order valence-electron chi connectivity index (χ4n) is 6.73. The molecular formula is C43H44N6O10S2. The van der Waals surface area contributed by atoms with Crippen LogP contribution in [0.5, 0.6) is 0 Å². The van der Waals surface area contributed by atoms with Crippen LogP contribution >= 0.6 is 23.1 Å². The van der Waals surface area contributed by atoms with Gasteiger partial charge in [0.15, 0.2) is 21.9 Å². The van der Waals surface area contributed by atoms with Crippen LogP contribution in [0.25, 0.3) is 0 Å². The molecule has 61 heavy (non-hydrogen) atoms. The minimum atomic E-state index is -1.79. The highest BCUT2D eigenvalue weighted by Gasteiger charge is 2.66. The topological polar surface area (TPSA) is 215 Å². The molecule has 6 rings (SSSR count). The number of esters is 2. The first kappa shape index (κ1) is 44.0. The third-order valence-corrected chi connectivity index (χ3v) is 11.8. The molecule has 1 fully saturated rings. The lowest BCUT2D eigenvalue weighted by atomic mass is 9.77. The Hall–Kier alpha value is -6.53. The molecule has 3 amide bonds. The van der Waals surface area contributed by atoms with Gasteiger partial charge in [0.2, 0.25) is 12.0 Å². The number of rotatable bonds is 16. The summed E-state index contributed by atoms with van der Waals surface area (Å²) in [6, 6.07) is 27.7. The smallest absolute Gasteiger partial charge is 0.353 e. The first-order valence-electron chi connectivity index (χ1n) is 18.9. The molecule has 3 heterocycles. The van der Waals surface area contributed by atoms with Crippen molar-refractivity contribution in [2.45, 2.75) is 69.3 Å². The Labute approximate surface area is 359 Å². The van der Waals surface area contributed by atoms with E-state index in [1.54, 1.807) is 26.2 Å². The van der Waals surface area contributed by atoms with Crippen LogP contribution in [0.3, 0.4) is 0 Å². The molecule has 2 aliphatic heterocycles. The van der Waals surface area contributed by atoms with Crippen molar-refractivity contribution in [3.8, 4) is 0 Å². The first-order chi connectivity index (χ1) is 28.9. The number of carbonyl (C=O) groups excluding carboxylic acids is 5. The quantitative estimate of drug-likeness (QED) is 0.0299. The van der Waals surface area contributed by atoms with Crippen LogP contribution in [0.2, 0.25) is 0 Å². The van der Waals surface area contributed by atoms with Gasteiger partial charge >= 0.3 is 17.9 Å². The van der Waals surface area contributed by atoms with E-state index in [0.29, 0.717) is 5.13 Å². The summed E-state index contributed by atoms with van der Waals surface area (Å²) < 4.78 is 10.6. The number of oxime groups is 1. The number of fused-ring (bicyclic) bond motifs is 1. The van der Waals surface area contributed by atoms with Crippen molar-refractivity contribution in [1.29, 1.82) is 0 Å². The molecule has 0 spiro atoms. The number of β-lactam (4-membered cyclic amide) rings is 1. The van der Waals surface area contributed by atoms with Crippen LogP contribution < -0.4 is 16.0 Å². The fraction of sp³-hybridized carbons (Fsp3) is 0.302. The Kier molecular flexibility index (Phi) is 12.7. The average Bonchev–Trinajstić information content (AvgIpc) is 3.69. The molecule has 1 saturated heterocycles. The van der Waals surface area contributed by atoms with E-state index in [9.17, 15) is 33.9 Å². The fourth-order valence-corrected chi connectivity index (χ4v) is 8.87. The monoisotopic (exact) mass is 868 g/mol. The van der Waals surface area contributed by atoms with Gasteiger partial charge in [0.1, 0.15) is 29.1 Å². The van der Waals surface area contributed by atoms with E-state index in [1.165, 1.54) is 13.8 Å². The second kappa shape index (κ2) is 17.6. The van der Waals surface area contributed by atoms with Gasteiger partial charge in [-0.3, -0.25) is 24.1 Å². The summed E-state index contributed by atoms with van der Waals surface area (Å²) in [7, 11) is 0. The minimum Gasteiger partial charge on any atom is -0.477 e. The lowest BCUT2D eigenvalue weighted by Crippen LogP contribution is -2.83. The summed E-state index contributed by atoms with van der Waals surface area (Å²) in [6.07, 6.45) is 0.278. The number of aromatic nitrogens is 1. The van der Waals surface area contributed by atoms with Crippen LogP contribution in [-0.2, 0) is 48.6 Å². The predicted octanol–water partition coefficient (Wildman–Crippen LogP) is 4.76. The maximum atomic E-state index is 14.5. The Balaban J connectivity index is 1.40. The van der Waals surface area contributed by atoms with Crippen LogP contribution in [0.4, 0.5) is 5.13 Å². The number of nitrogens with zero attached hydrogens (tertiary/aromatic N) is 3. The molecule has 2 atom stereocenters. The number of thioether (sulfide) groups is 1. The molecule has 4 N–H and O–H groups in total. The molecule has 0 bridgehead atoms. The summed E-state index contributed by atoms with van der Waals surface area (Å²) in [6.45, 7) is 8.60. The number of carboxylic acids is 1. The Bertz CT molecular complexity index is 2280. The highest BCUT2D eigenvalue weighted by atomic mass is 32.2. The molecule has 16 nitrogen and oxygen atoms in total. The molecule has 18 heteroatoms. The van der Waals surface area contributed by atoms with E-state index >= 15 is 0 Å². The van der Waals surface area contributed by atoms with Crippen molar-refractivity contribution in [2.75, 3.05) is 17.7 Å². The van der Waals surface area contributed by atoms with E-state index in [-0.39, 0.29) is 23.4 Å². The minimum absolute atomic E-state index is 0.0137. The van der Waals surface area contributed by atoms with Gasteiger partial charge in [0, 0.05) is 23.6 Å². The Morgan fingerprint density at radius 2 is 1.49 bits per heavy atom. The van der Waals surface area contributed by atoms with E-state index in [1.807, 2.05) is 91.0 Å². The first-order valence-corrected chi connectivity index (χ1v) is 20.8. The van der Waals surface area contributed by atoms with Crippen LogP contribution in [0.1, 0.15) is 63.9 Å². The normalized spacial score (nSPS) is 17.9. The molecule has 3 aromatic carbocycles. The number of carboxylic acid groups (broad SMARTS) is 1. The number of nitrogens with one attached hydrogen (secondary N) is 3. The van der Waals surface area contributed by atoms with E-state index in [4.69, 9.17) is 19.3 Å². The molecule has 0 aliphatic carbocycles. The van der Waals surface area contributed by atoms with Crippen molar-refractivity contribution in [3.05, 3.63) is 130 Å². The SMILES string of the molecule is CC(=O)OCC1=C(C(=O)O)N2C(=O)[C@@H](NC(=O)/C(=N\OC(C)(C)C(=O)OC(C)(C)C)c3csc(NC(c4ccccc4)(c4ccccc4)c4ccccc4)n3)C2(NC=O)SC1. The molecule has 1 unspecified atom stereocenters. The third kappa shape index (κ3) is 9.00. The lowest BCUT2D eigenvalue weighted by Gasteiger charge is -2.57. The predicted molar refractivity (Wildman–Crippen MR) is 227 cm³/mol. The molecule has 4 aromatic rings. The standard InChI is InChI=1S/C43H44N6O10S2/c1-26(51)57-22-27-23-61-43(44-25-50)34(36(53)49(43)33(27)37(54)55)46-35(52)32(48-59-41(5,6)38(56)58-40(2,3)4)31-24-60-39(45-31)47-42(28-16-10-7-11-17-28,29-18-12-8-13-19-29)30-20-14-9-15-21-30/h7-21,24-25,34H,22-23H2,1-6H3,(H,44,50)(H,45,47)(H,46,52)(H,54,55)/b48-32-/t34-,43?/m1/s1. The van der Waals surface area contributed by atoms with Crippen LogP contribution in [-0.4, -0.2) is 91.4 Å². The van der Waals surface area contributed by atoms with Gasteiger partial charge in [-0.1, -0.05) is 96.2 Å². The maximum absolute atomic E-state index is 14.5. The Morgan fingerprint density at radius 3 is 1.98 bits per heavy atom. The van der Waals surface area contributed by atoms with E-state index in [0.717, 1.165) is 51.6 Å². The molecular weight excluding hydrogens is 825 g/mol. The van der Waals surface area contributed by atoms with Crippen molar-refractivity contribution < 1.29 is 48.2 Å². The molecule has 0 radical (unpaired) electrons. The highest BCUT2D eigenvalue weighted by Crippen LogP contribution is 2.48. The molecule has 318 valence electrons. The number of benzene rings is 3. The largest absolute Gasteiger partial charge is 0.477 e. The zero-order chi connectivity index (χ0) is 44.2. The molecule has 0 saturated carbocycles. The van der Waals surface area contributed by atoms with E-state index < -0.39 is 75.5 Å². The van der Waals surface area contributed by atoms with Gasteiger partial charge in [0.05, 0.1) is 0 Å². The third-order valence-electron chi connectivity index (χ3n) is 9.54. The number of aliphatic carboxylic acids is 1. The second-order valence-electron chi connectivity index (χ2n) is 15.4. The number of hydrogen-bond donors (Lipinski definition) is 4. The number of anilines is 1. The Morgan fingerprint density at radius 1 is 0.934 bits per heavy atom. The number of ether oxygens (including phenoxy) is 2. The number of carbonyl (C=O) groups is 6. The number of hydrogen-bond acceptors (Lipinski definition) is 14. The van der Waals surface area contributed by atoms with Gasteiger partial charge in [-0.25, -0.2) is 14.6 Å². The van der Waals surface area contributed by atoms with Crippen molar-refractivity contribution in [2.24, 2.45) is 5.16 Å². The van der Waals surface area contributed by atoms with Gasteiger partial charge in [0.25, 0.3) is 11.8 Å². The summed E-state index contributed by atoms with van der Waals surface area (Å²) in [5.74, 6) is -4.95. The van der Waals surface area contributed by atoms with Crippen LogP contribution in [0, 0.1) is 0 Å². The number of thiazole rings is 1. The summed E-state index contributed by atoms with van der Waals surface area (Å²) in [4.78, 5) is 87.2. The van der Waals surface area contributed by atoms with E-state index in [2.05, 4.69) is 21.1 Å². The van der Waals surface area contributed by atoms with Crippen molar-refractivity contribution >= 4 is 70.1 Å². The van der Waals surface area contributed by atoms with Crippen molar-refractivity contribution in [3.63, 3.8) is 0 Å². The molecule has 1 aromatic heterocycles. The maximum Gasteiger partial charge on any atom is 0.353 e. The van der Waals surface area contributed by atoms with Crippen molar-refractivity contribution in [1.82, 2.24) is 20.5 Å². The van der Waals surface area contributed by atoms with Gasteiger partial charge in [-0.2, -0.15) is 0 Å². The zero-order valence-electron chi connectivity index (χ0n) is 34.1.